The third-order valence-electron chi connectivity index (χ3n) is 12.6. The van der Waals surface area contributed by atoms with Crippen LogP contribution in [0.3, 0.4) is 0 Å². The molecule has 1 aromatic carbocycles. The number of esters is 1. The molecule has 3 saturated carbocycles. The van der Waals surface area contributed by atoms with Crippen LogP contribution in [-0.2, 0) is 19.1 Å². The van der Waals surface area contributed by atoms with E-state index in [1.165, 1.54) is 19.2 Å². The molecule has 3 aliphatic carbocycles. The molecule has 1 aromatic heterocycles. The summed E-state index contributed by atoms with van der Waals surface area (Å²) in [6.07, 6.45) is 6.00. The molecular weight excluding hydrogens is 699 g/mol. The summed E-state index contributed by atoms with van der Waals surface area (Å²) in [5, 5.41) is 38.7. The Morgan fingerprint density at radius 1 is 1.17 bits per heavy atom. The zero-order valence-electron chi connectivity index (χ0n) is 32.2. The molecule has 1 amide bonds. The molecule has 0 spiro atoms. The molecule has 2 N–H and O–H groups in total. The van der Waals surface area contributed by atoms with Gasteiger partial charge in [-0.05, 0) is 56.0 Å². The van der Waals surface area contributed by atoms with Crippen molar-refractivity contribution in [2.75, 3.05) is 38.2 Å². The quantitative estimate of drug-likeness (QED) is 0.0620. The summed E-state index contributed by atoms with van der Waals surface area (Å²) in [6.45, 7) is 20.0. The van der Waals surface area contributed by atoms with Crippen LogP contribution in [0.2, 0.25) is 0 Å². The topological polar surface area (TPSA) is 171 Å². The minimum atomic E-state index is -0.774. The van der Waals surface area contributed by atoms with Gasteiger partial charge in [-0.3, -0.25) is 9.59 Å². The zero-order valence-corrected chi connectivity index (χ0v) is 33.0. The Labute approximate surface area is 317 Å². The van der Waals surface area contributed by atoms with Gasteiger partial charge in [0.15, 0.2) is 0 Å². The number of fused-ring (bicyclic) bond motifs is 1. The van der Waals surface area contributed by atoms with Crippen molar-refractivity contribution in [3.63, 3.8) is 0 Å². The first kappa shape index (κ1) is 42.0. The highest BCUT2D eigenvalue weighted by molar-refractivity contribution is 7.99. The first-order chi connectivity index (χ1) is 25.1. The zero-order chi connectivity index (χ0) is 39.1. The maximum Gasteiger partial charge on any atom is 0.427 e. The van der Waals surface area contributed by atoms with Crippen molar-refractivity contribution in [1.82, 2.24) is 10.3 Å². The number of aliphatic hydroxyl groups is 1. The molecule has 0 saturated heterocycles. The minimum Gasteiger partial charge on any atom is -0.618 e. The van der Waals surface area contributed by atoms with E-state index in [-0.39, 0.29) is 45.9 Å². The number of ketones is 1. The number of thioether (sulfide) groups is 1. The molecule has 292 valence electrons. The Hall–Kier alpha value is -3.75. The van der Waals surface area contributed by atoms with Crippen LogP contribution < -0.4 is 14.9 Å². The number of benzene rings is 1. The Morgan fingerprint density at radius 2 is 1.85 bits per heavy atom. The van der Waals surface area contributed by atoms with E-state index in [1.807, 2.05) is 18.4 Å². The average Bonchev–Trinajstić information content (AvgIpc) is 3.51. The average molecular weight is 756 g/mol. The van der Waals surface area contributed by atoms with Gasteiger partial charge in [0.1, 0.15) is 18.1 Å². The lowest BCUT2D eigenvalue weighted by atomic mass is 9.44. The van der Waals surface area contributed by atoms with Gasteiger partial charge in [0, 0.05) is 47.6 Å². The number of aromatic nitrogens is 2. The fourth-order valence-electron chi connectivity index (χ4n) is 9.07. The lowest BCUT2D eigenvalue weighted by Crippen LogP contribution is -2.63. The first-order valence-electron chi connectivity index (χ1n) is 18.6. The van der Waals surface area contributed by atoms with E-state index in [0.29, 0.717) is 33.8 Å². The van der Waals surface area contributed by atoms with Crippen molar-refractivity contribution in [2.24, 2.45) is 39.1 Å². The number of Topliss-reactive ketones (excluding diaryl/α,β-unsaturated/α-hetero) is 1. The summed E-state index contributed by atoms with van der Waals surface area (Å²) in [5.74, 6) is 1.37. The van der Waals surface area contributed by atoms with Crippen molar-refractivity contribution < 1.29 is 38.4 Å². The Bertz CT molecular complexity index is 1670. The highest BCUT2D eigenvalue weighted by atomic mass is 32.2. The van der Waals surface area contributed by atoms with Gasteiger partial charge in [-0.1, -0.05) is 59.8 Å². The van der Waals surface area contributed by atoms with Gasteiger partial charge in [0.25, 0.3) is 17.2 Å². The minimum absolute atomic E-state index is 0.00828. The fourth-order valence-corrected chi connectivity index (χ4v) is 9.84. The lowest BCUT2D eigenvalue weighted by molar-refractivity contribution is -0.629. The van der Waals surface area contributed by atoms with Gasteiger partial charge in [-0.2, -0.15) is 14.6 Å². The van der Waals surface area contributed by atoms with Crippen molar-refractivity contribution in [3.05, 3.63) is 59.2 Å². The number of carbonyl (C=O) groups is 3. The van der Waals surface area contributed by atoms with E-state index in [2.05, 4.69) is 55.9 Å². The van der Waals surface area contributed by atoms with Gasteiger partial charge in [0.2, 0.25) is 0 Å². The van der Waals surface area contributed by atoms with Crippen molar-refractivity contribution in [3.8, 4) is 0 Å². The largest absolute Gasteiger partial charge is 0.618 e. The SMILES string of the molecule is C=C[C@]1(C)C[C@@H](OC(=O)CSCCN(CC)CC)[C@@]2(C)C(C)CC[C@]3(CCC(=O)[C@H]32)[C@@H](C)[C@@H]1O.COC(=O)N/N=C/c1c[n+]([O-])c2ccccc2[n+]1[O-]. The van der Waals surface area contributed by atoms with Gasteiger partial charge in [0.05, 0.1) is 19.0 Å². The number of ether oxygens (including phenoxy) is 2. The summed E-state index contributed by atoms with van der Waals surface area (Å²) in [7, 11) is 1.18. The third-order valence-corrected chi connectivity index (χ3v) is 13.5. The summed E-state index contributed by atoms with van der Waals surface area (Å²) in [4.78, 5) is 39.6. The van der Waals surface area contributed by atoms with E-state index in [4.69, 9.17) is 4.74 Å². The summed E-state index contributed by atoms with van der Waals surface area (Å²) < 4.78 is 11.7. The van der Waals surface area contributed by atoms with Gasteiger partial charge in [-0.25, -0.2) is 10.2 Å². The monoisotopic (exact) mass is 755 g/mol. The van der Waals surface area contributed by atoms with Crippen LogP contribution in [0.4, 0.5) is 4.79 Å². The van der Waals surface area contributed by atoms with Crippen LogP contribution >= 0.6 is 11.8 Å². The summed E-state index contributed by atoms with van der Waals surface area (Å²) >= 11 is 1.61. The van der Waals surface area contributed by atoms with E-state index in [1.54, 1.807) is 23.9 Å². The molecule has 5 rings (SSSR count). The highest BCUT2D eigenvalue weighted by Gasteiger charge is 2.68. The molecule has 2 aromatic rings. The predicted octanol–water partition coefficient (Wildman–Crippen LogP) is 4.76. The Morgan fingerprint density at radius 3 is 2.49 bits per heavy atom. The molecule has 2 bridgehead atoms. The second-order valence-electron chi connectivity index (χ2n) is 15.2. The van der Waals surface area contributed by atoms with Crippen LogP contribution in [0.1, 0.15) is 79.3 Å². The molecule has 1 heterocycles. The van der Waals surface area contributed by atoms with E-state index >= 15 is 0 Å². The smallest absolute Gasteiger partial charge is 0.427 e. The molecule has 53 heavy (non-hydrogen) atoms. The van der Waals surface area contributed by atoms with Crippen LogP contribution in [0.25, 0.3) is 11.0 Å². The van der Waals surface area contributed by atoms with Crippen molar-refractivity contribution in [1.29, 1.82) is 0 Å². The number of carbonyl (C=O) groups excluding carboxylic acids is 3. The van der Waals surface area contributed by atoms with Crippen LogP contribution in [-0.4, -0.2) is 84.5 Å². The van der Waals surface area contributed by atoms with E-state index in [0.717, 1.165) is 57.1 Å². The number of para-hydroxylation sites is 2. The van der Waals surface area contributed by atoms with E-state index < -0.39 is 29.1 Å². The molecule has 3 fully saturated rings. The Balaban J connectivity index is 0.000000278. The van der Waals surface area contributed by atoms with Crippen LogP contribution in [0.5, 0.6) is 0 Å². The second-order valence-corrected chi connectivity index (χ2v) is 16.3. The molecular formula is C39H57N5O8S. The van der Waals surface area contributed by atoms with Gasteiger partial charge < -0.3 is 29.9 Å². The van der Waals surface area contributed by atoms with E-state index in [9.17, 15) is 29.9 Å². The Kier molecular flexibility index (Phi) is 13.9. The maximum atomic E-state index is 13.4. The molecule has 8 atom stereocenters. The number of aliphatic hydroxyl groups excluding tert-OH is 1. The summed E-state index contributed by atoms with van der Waals surface area (Å²) in [5.41, 5.74) is 1.21. The number of hydrogen-bond acceptors (Lipinski definition) is 11. The molecule has 3 aliphatic rings. The number of hydrogen-bond donors (Lipinski definition) is 2. The van der Waals surface area contributed by atoms with Crippen molar-refractivity contribution in [2.45, 2.75) is 85.9 Å². The first-order valence-corrected chi connectivity index (χ1v) is 19.7. The number of rotatable bonds is 11. The van der Waals surface area contributed by atoms with Crippen molar-refractivity contribution >= 4 is 46.9 Å². The van der Waals surface area contributed by atoms with Gasteiger partial charge in [-0.15, -0.1) is 18.3 Å². The predicted molar refractivity (Wildman–Crippen MR) is 205 cm³/mol. The van der Waals surface area contributed by atoms with Gasteiger partial charge >= 0.3 is 17.8 Å². The number of methoxy groups -OCH3 is 1. The lowest BCUT2D eigenvalue weighted by Gasteiger charge is -2.61. The maximum absolute atomic E-state index is 13.4. The summed E-state index contributed by atoms with van der Waals surface area (Å²) in [6, 6.07) is 6.35. The number of nitrogens with zero attached hydrogens (tertiary/aromatic N) is 4. The van der Waals surface area contributed by atoms with Crippen LogP contribution in [0, 0.1) is 44.4 Å². The molecule has 14 heteroatoms. The third kappa shape index (κ3) is 8.49. The normalized spacial score (nSPS) is 30.9. The number of nitrogens with one attached hydrogen (secondary N) is 1. The van der Waals surface area contributed by atoms with Crippen LogP contribution in [0.15, 0.2) is 48.2 Å². The number of hydrazone groups is 1. The second kappa shape index (κ2) is 17.6. The standard InChI is InChI=1S/C28H47NO4S.C11H10N4O4/c1-8-26(6)17-22(33-23(31)18-34-16-15-29(9-2)10-3)27(7)19(4)11-13-28(20(5)25(26)32)14-12-21(30)24(27)28;1-19-11(16)13-12-6-8-7-14(17)9-4-2-3-5-10(9)15(8)18/h8,19-20,22,24-25,32H,1,9-18H2,2-7H3;2-7H,1H3,(H,13,16)/b;12-6+/t19?,20-,22+,24-,25-,26+,27+,28-;/m0./s1. The highest BCUT2D eigenvalue weighted by Crippen LogP contribution is 2.68. The molecule has 1 unspecified atom stereocenters. The fraction of sp³-hybridized carbons (Fsp3) is 0.641. The molecule has 0 radical (unpaired) electrons. The molecule has 13 nitrogen and oxygen atoms in total. The molecule has 0 aliphatic heterocycles. The number of amides is 1.